The molecule has 0 saturated carbocycles. The van der Waals surface area contributed by atoms with Crippen LogP contribution in [0.25, 0.3) is 10.9 Å². The molecule has 1 aliphatic rings. The van der Waals surface area contributed by atoms with E-state index in [4.69, 9.17) is 0 Å². The highest BCUT2D eigenvalue weighted by molar-refractivity contribution is 9.10. The molecule has 0 amide bonds. The van der Waals surface area contributed by atoms with Gasteiger partial charge in [0.1, 0.15) is 12.1 Å². The molecule has 2 aromatic rings. The molecular formula is C16H20BrN3O. The zero-order valence-electron chi connectivity index (χ0n) is 12.4. The number of fused-ring (bicyclic) bond motifs is 1. The van der Waals surface area contributed by atoms with Crippen molar-refractivity contribution in [3.63, 3.8) is 0 Å². The zero-order valence-corrected chi connectivity index (χ0v) is 14.0. The normalized spacial score (nSPS) is 17.4. The minimum Gasteiger partial charge on any atom is -0.390 e. The second kappa shape index (κ2) is 5.54. The van der Waals surface area contributed by atoms with Gasteiger partial charge in [-0.15, -0.1) is 0 Å². The fraction of sp³-hybridized carbons (Fsp3) is 0.500. The SMILES string of the molecule is CC(C)(O)C1CCN(c2ncnc3ccc(Br)cc23)CC1. The van der Waals surface area contributed by atoms with E-state index in [-0.39, 0.29) is 0 Å². The van der Waals surface area contributed by atoms with Crippen molar-refractivity contribution in [2.75, 3.05) is 18.0 Å². The molecule has 1 aliphatic heterocycles. The summed E-state index contributed by atoms with van der Waals surface area (Å²) in [6.07, 6.45) is 3.61. The Morgan fingerprint density at radius 2 is 1.95 bits per heavy atom. The number of aromatic nitrogens is 2. The first-order chi connectivity index (χ1) is 9.95. The molecule has 0 spiro atoms. The highest BCUT2D eigenvalue weighted by atomic mass is 79.9. The Morgan fingerprint density at radius 1 is 1.24 bits per heavy atom. The molecule has 21 heavy (non-hydrogen) atoms. The van der Waals surface area contributed by atoms with Crippen LogP contribution in [0.3, 0.4) is 0 Å². The standard InChI is InChI=1S/C16H20BrN3O/c1-16(2,21)11-5-7-20(8-6-11)15-13-9-12(17)3-4-14(13)18-10-19-15/h3-4,9-11,21H,5-8H2,1-2H3. The summed E-state index contributed by atoms with van der Waals surface area (Å²) in [5, 5.41) is 11.2. The number of hydrogen-bond donors (Lipinski definition) is 1. The lowest BCUT2D eigenvalue weighted by molar-refractivity contribution is 0.00648. The van der Waals surface area contributed by atoms with E-state index in [0.29, 0.717) is 5.92 Å². The molecule has 1 aromatic heterocycles. The Hall–Kier alpha value is -1.20. The fourth-order valence-corrected chi connectivity index (χ4v) is 3.43. The molecule has 1 aromatic carbocycles. The molecule has 0 aliphatic carbocycles. The molecule has 0 bridgehead atoms. The largest absolute Gasteiger partial charge is 0.390 e. The summed E-state index contributed by atoms with van der Waals surface area (Å²) >= 11 is 3.52. The number of nitrogens with zero attached hydrogens (tertiary/aromatic N) is 3. The molecule has 1 fully saturated rings. The molecule has 0 radical (unpaired) electrons. The maximum atomic E-state index is 10.2. The highest BCUT2D eigenvalue weighted by Crippen LogP contribution is 2.32. The summed E-state index contributed by atoms with van der Waals surface area (Å²) < 4.78 is 1.04. The third kappa shape index (κ3) is 3.04. The van der Waals surface area contributed by atoms with Crippen LogP contribution in [0.5, 0.6) is 0 Å². The van der Waals surface area contributed by atoms with E-state index in [2.05, 4.69) is 36.9 Å². The van der Waals surface area contributed by atoms with E-state index in [0.717, 1.165) is 47.1 Å². The van der Waals surface area contributed by atoms with Crippen LogP contribution in [0, 0.1) is 5.92 Å². The van der Waals surface area contributed by atoms with Gasteiger partial charge in [-0.3, -0.25) is 0 Å². The lowest BCUT2D eigenvalue weighted by atomic mass is 9.83. The van der Waals surface area contributed by atoms with E-state index in [1.165, 1.54) is 0 Å². The summed E-state index contributed by atoms with van der Waals surface area (Å²) in [5.41, 5.74) is 0.371. The van der Waals surface area contributed by atoms with Gasteiger partial charge in [0.2, 0.25) is 0 Å². The topological polar surface area (TPSA) is 49.2 Å². The van der Waals surface area contributed by atoms with Crippen molar-refractivity contribution < 1.29 is 5.11 Å². The summed E-state index contributed by atoms with van der Waals surface area (Å²) in [6, 6.07) is 6.08. The van der Waals surface area contributed by atoms with Crippen LogP contribution in [0.15, 0.2) is 29.0 Å². The van der Waals surface area contributed by atoms with Crippen molar-refractivity contribution in [2.45, 2.75) is 32.3 Å². The fourth-order valence-electron chi connectivity index (χ4n) is 3.06. The number of aliphatic hydroxyl groups is 1. The molecule has 4 nitrogen and oxygen atoms in total. The lowest BCUT2D eigenvalue weighted by Gasteiger charge is -2.38. The first-order valence-electron chi connectivity index (χ1n) is 7.33. The van der Waals surface area contributed by atoms with Crippen molar-refractivity contribution in [1.82, 2.24) is 9.97 Å². The molecule has 112 valence electrons. The molecule has 0 atom stereocenters. The minimum atomic E-state index is -0.594. The molecule has 0 unspecified atom stereocenters. The maximum Gasteiger partial charge on any atom is 0.139 e. The molecule has 1 N–H and O–H groups in total. The predicted molar refractivity (Wildman–Crippen MR) is 88.5 cm³/mol. The Morgan fingerprint density at radius 3 is 2.62 bits per heavy atom. The van der Waals surface area contributed by atoms with Crippen molar-refractivity contribution in [2.24, 2.45) is 5.92 Å². The number of piperidine rings is 1. The van der Waals surface area contributed by atoms with Crippen molar-refractivity contribution in [3.8, 4) is 0 Å². The lowest BCUT2D eigenvalue weighted by Crippen LogP contribution is -2.42. The van der Waals surface area contributed by atoms with Crippen LogP contribution < -0.4 is 4.90 Å². The third-order valence-electron chi connectivity index (χ3n) is 4.37. The minimum absolute atomic E-state index is 0.355. The van der Waals surface area contributed by atoms with Crippen LogP contribution in [-0.2, 0) is 0 Å². The zero-order chi connectivity index (χ0) is 15.0. The van der Waals surface area contributed by atoms with Gasteiger partial charge in [-0.05, 0) is 50.8 Å². The van der Waals surface area contributed by atoms with Crippen LogP contribution in [-0.4, -0.2) is 33.8 Å². The van der Waals surface area contributed by atoms with E-state index in [9.17, 15) is 5.11 Å². The average Bonchev–Trinajstić information content (AvgIpc) is 2.46. The summed E-state index contributed by atoms with van der Waals surface area (Å²) in [4.78, 5) is 11.1. The molecule has 1 saturated heterocycles. The van der Waals surface area contributed by atoms with Crippen LogP contribution in [0.1, 0.15) is 26.7 Å². The Labute approximate surface area is 133 Å². The van der Waals surface area contributed by atoms with E-state index < -0.39 is 5.60 Å². The summed E-state index contributed by atoms with van der Waals surface area (Å²) in [6.45, 7) is 5.66. The second-order valence-corrected chi connectivity index (χ2v) is 7.19. The number of hydrogen-bond acceptors (Lipinski definition) is 4. The summed E-state index contributed by atoms with van der Waals surface area (Å²) in [5.74, 6) is 1.35. The quantitative estimate of drug-likeness (QED) is 0.902. The molecular weight excluding hydrogens is 330 g/mol. The first-order valence-corrected chi connectivity index (χ1v) is 8.12. The van der Waals surface area contributed by atoms with Gasteiger partial charge in [-0.25, -0.2) is 9.97 Å². The Balaban J connectivity index is 1.87. The van der Waals surface area contributed by atoms with E-state index >= 15 is 0 Å². The van der Waals surface area contributed by atoms with Gasteiger partial charge < -0.3 is 10.0 Å². The van der Waals surface area contributed by atoms with Crippen LogP contribution >= 0.6 is 15.9 Å². The highest BCUT2D eigenvalue weighted by Gasteiger charge is 2.31. The number of halogens is 1. The van der Waals surface area contributed by atoms with Crippen LogP contribution in [0.2, 0.25) is 0 Å². The Bertz CT molecular complexity index is 646. The predicted octanol–water partition coefficient (Wildman–Crippen LogP) is 3.38. The number of anilines is 1. The first kappa shape index (κ1) is 14.7. The van der Waals surface area contributed by atoms with Gasteiger partial charge >= 0.3 is 0 Å². The smallest absolute Gasteiger partial charge is 0.139 e. The van der Waals surface area contributed by atoms with E-state index in [1.807, 2.05) is 26.0 Å². The Kier molecular flexibility index (Phi) is 3.88. The number of benzene rings is 1. The third-order valence-corrected chi connectivity index (χ3v) is 4.86. The average molecular weight is 350 g/mol. The van der Waals surface area contributed by atoms with Crippen molar-refractivity contribution in [1.29, 1.82) is 0 Å². The molecule has 2 heterocycles. The van der Waals surface area contributed by atoms with Crippen molar-refractivity contribution in [3.05, 3.63) is 29.0 Å². The maximum absolute atomic E-state index is 10.2. The van der Waals surface area contributed by atoms with Gasteiger partial charge in [0, 0.05) is 22.9 Å². The van der Waals surface area contributed by atoms with E-state index in [1.54, 1.807) is 6.33 Å². The monoisotopic (exact) mass is 349 g/mol. The molecule has 3 rings (SSSR count). The number of rotatable bonds is 2. The van der Waals surface area contributed by atoms with Gasteiger partial charge in [-0.1, -0.05) is 15.9 Å². The molecule has 5 heteroatoms. The van der Waals surface area contributed by atoms with Gasteiger partial charge in [0.15, 0.2) is 0 Å². The van der Waals surface area contributed by atoms with Gasteiger partial charge in [0.05, 0.1) is 11.1 Å². The van der Waals surface area contributed by atoms with Gasteiger partial charge in [0.25, 0.3) is 0 Å². The van der Waals surface area contributed by atoms with Crippen LogP contribution in [0.4, 0.5) is 5.82 Å². The second-order valence-electron chi connectivity index (χ2n) is 6.27. The van der Waals surface area contributed by atoms with Gasteiger partial charge in [-0.2, -0.15) is 0 Å². The van der Waals surface area contributed by atoms with Crippen molar-refractivity contribution >= 4 is 32.7 Å². The summed E-state index contributed by atoms with van der Waals surface area (Å²) in [7, 11) is 0.